The zero-order valence-electron chi connectivity index (χ0n) is 25.1. The number of esters is 1. The summed E-state index contributed by atoms with van der Waals surface area (Å²) in [5, 5.41) is 3.44. The molecule has 4 aromatic rings. The lowest BCUT2D eigenvalue weighted by Crippen LogP contribution is -2.54. The van der Waals surface area contributed by atoms with Gasteiger partial charge in [0.2, 0.25) is 5.91 Å². The molecule has 7 rings (SSSR count). The summed E-state index contributed by atoms with van der Waals surface area (Å²) in [5.41, 5.74) is 1.77. The lowest BCUT2D eigenvalue weighted by Gasteiger charge is -2.47. The fraction of sp³-hybridized carbons (Fsp3) is 0.297. The number of fused-ring (bicyclic) bond motifs is 3. The molecule has 3 heterocycles. The van der Waals surface area contributed by atoms with Crippen molar-refractivity contribution in [3.63, 3.8) is 0 Å². The number of benzene rings is 4. The van der Waals surface area contributed by atoms with Gasteiger partial charge in [-0.2, -0.15) is 0 Å². The van der Waals surface area contributed by atoms with Gasteiger partial charge < -0.3 is 10.1 Å². The molecule has 230 valence electrons. The standard InChI is InChI=1S/C37H33Cl2FN2O3/c1-36(2,3)20-29-37(25-18-27(40)26(39)19-28(25)41-35(37)44)30(23-15-10-16-24(38)17-23)32-34(43)45-33(22-13-8-5-9-14-22)31(42(29)32)21-11-6-4-7-12-21/h4-19,29-33H,20H2,1-3H3,(H,41,44)/t29-,30+,31-,32?,33+,37+/m1/s1. The molecule has 1 amide bonds. The van der Waals surface area contributed by atoms with Gasteiger partial charge in [0, 0.05) is 22.7 Å². The predicted molar refractivity (Wildman–Crippen MR) is 174 cm³/mol. The summed E-state index contributed by atoms with van der Waals surface area (Å²) in [6, 6.07) is 27.9. The maximum absolute atomic E-state index is 15.5. The van der Waals surface area contributed by atoms with Gasteiger partial charge in [-0.25, -0.2) is 4.39 Å². The third kappa shape index (κ3) is 4.77. The number of rotatable bonds is 4. The highest BCUT2D eigenvalue weighted by Crippen LogP contribution is 2.64. The van der Waals surface area contributed by atoms with Crippen molar-refractivity contribution in [3.05, 3.63) is 135 Å². The van der Waals surface area contributed by atoms with E-state index in [9.17, 15) is 9.59 Å². The van der Waals surface area contributed by atoms with E-state index in [0.29, 0.717) is 28.3 Å². The number of nitrogens with one attached hydrogen (secondary N) is 1. The summed E-state index contributed by atoms with van der Waals surface area (Å²) < 4.78 is 21.9. The van der Waals surface area contributed by atoms with Crippen LogP contribution in [0.3, 0.4) is 0 Å². The van der Waals surface area contributed by atoms with E-state index in [2.05, 4.69) is 31.0 Å². The lowest BCUT2D eigenvalue weighted by atomic mass is 9.62. The number of hydrogen-bond donors (Lipinski definition) is 1. The van der Waals surface area contributed by atoms with Gasteiger partial charge in [0.25, 0.3) is 0 Å². The largest absolute Gasteiger partial charge is 0.454 e. The van der Waals surface area contributed by atoms with Crippen LogP contribution in [0.2, 0.25) is 10.0 Å². The van der Waals surface area contributed by atoms with Crippen LogP contribution in [0, 0.1) is 11.2 Å². The predicted octanol–water partition coefficient (Wildman–Crippen LogP) is 8.63. The minimum absolute atomic E-state index is 0.0841. The Labute approximate surface area is 272 Å². The monoisotopic (exact) mass is 642 g/mol. The fourth-order valence-corrected chi connectivity index (χ4v) is 8.32. The number of amides is 1. The molecule has 1 unspecified atom stereocenters. The molecule has 0 radical (unpaired) electrons. The molecule has 6 atom stereocenters. The van der Waals surface area contributed by atoms with Crippen LogP contribution in [0.25, 0.3) is 0 Å². The Morgan fingerprint density at radius 3 is 2.13 bits per heavy atom. The number of anilines is 1. The van der Waals surface area contributed by atoms with Gasteiger partial charge in [0.15, 0.2) is 0 Å². The second kappa shape index (κ2) is 11.0. The average Bonchev–Trinajstić information content (AvgIpc) is 3.45. The molecule has 0 aromatic heterocycles. The van der Waals surface area contributed by atoms with Gasteiger partial charge >= 0.3 is 5.97 Å². The van der Waals surface area contributed by atoms with Crippen molar-refractivity contribution in [2.24, 2.45) is 5.41 Å². The number of halogens is 3. The van der Waals surface area contributed by atoms with E-state index in [1.54, 1.807) is 12.1 Å². The summed E-state index contributed by atoms with van der Waals surface area (Å²) in [5.74, 6) is -2.11. The van der Waals surface area contributed by atoms with Gasteiger partial charge in [-0.3, -0.25) is 14.5 Å². The molecule has 4 aromatic carbocycles. The highest BCUT2D eigenvalue weighted by atomic mass is 35.5. The minimum Gasteiger partial charge on any atom is -0.454 e. The first-order valence-electron chi connectivity index (χ1n) is 15.1. The summed E-state index contributed by atoms with van der Waals surface area (Å²) in [4.78, 5) is 31.6. The van der Waals surface area contributed by atoms with Crippen molar-refractivity contribution < 1.29 is 18.7 Å². The Morgan fingerprint density at radius 1 is 0.844 bits per heavy atom. The highest BCUT2D eigenvalue weighted by molar-refractivity contribution is 6.31. The number of nitrogens with zero attached hydrogens (tertiary/aromatic N) is 1. The quantitative estimate of drug-likeness (QED) is 0.226. The van der Waals surface area contributed by atoms with Crippen molar-refractivity contribution in [2.45, 2.75) is 62.8 Å². The molecule has 5 nitrogen and oxygen atoms in total. The molecular formula is C37H33Cl2FN2O3. The molecule has 0 bridgehead atoms. The smallest absolute Gasteiger partial charge is 0.324 e. The third-order valence-electron chi connectivity index (χ3n) is 9.52. The van der Waals surface area contributed by atoms with Crippen molar-refractivity contribution >= 4 is 40.8 Å². The van der Waals surface area contributed by atoms with Gasteiger partial charge in [-0.05, 0) is 58.4 Å². The number of ether oxygens (including phenoxy) is 1. The van der Waals surface area contributed by atoms with E-state index < -0.39 is 47.3 Å². The van der Waals surface area contributed by atoms with E-state index in [1.165, 1.54) is 12.1 Å². The molecule has 45 heavy (non-hydrogen) atoms. The van der Waals surface area contributed by atoms with Crippen molar-refractivity contribution in [3.8, 4) is 0 Å². The Balaban J connectivity index is 1.57. The van der Waals surface area contributed by atoms with Gasteiger partial charge in [0.05, 0.1) is 11.1 Å². The molecule has 8 heteroatoms. The van der Waals surface area contributed by atoms with Crippen LogP contribution in [0.5, 0.6) is 0 Å². The Hall–Kier alpha value is -3.71. The number of carbonyl (C=O) groups excluding carboxylic acids is 2. The highest BCUT2D eigenvalue weighted by Gasteiger charge is 2.72. The van der Waals surface area contributed by atoms with Crippen molar-refractivity contribution in [2.75, 3.05) is 5.32 Å². The van der Waals surface area contributed by atoms with Crippen LogP contribution in [0.4, 0.5) is 10.1 Å². The average molecular weight is 644 g/mol. The SMILES string of the molecule is CC(C)(C)C[C@H]1N2C(C(=O)O[C@@H](c3ccccc3)[C@H]2c2ccccc2)[C@H](c2cccc(Cl)c2)[C@@]12C(=O)Nc1cc(Cl)c(F)cc12. The summed E-state index contributed by atoms with van der Waals surface area (Å²) >= 11 is 12.8. The van der Waals surface area contributed by atoms with Crippen LogP contribution in [0.15, 0.2) is 97.1 Å². The molecule has 3 aliphatic rings. The molecule has 2 fully saturated rings. The summed E-state index contributed by atoms with van der Waals surface area (Å²) in [6.07, 6.45) is -0.128. The van der Waals surface area contributed by atoms with Crippen LogP contribution in [-0.2, 0) is 19.7 Å². The third-order valence-corrected chi connectivity index (χ3v) is 10.0. The Bertz CT molecular complexity index is 1790. The minimum atomic E-state index is -1.37. The summed E-state index contributed by atoms with van der Waals surface area (Å²) in [7, 11) is 0. The van der Waals surface area contributed by atoms with E-state index in [1.807, 2.05) is 72.8 Å². The van der Waals surface area contributed by atoms with Crippen molar-refractivity contribution in [1.29, 1.82) is 0 Å². The summed E-state index contributed by atoms with van der Waals surface area (Å²) in [6.45, 7) is 6.35. The zero-order chi connectivity index (χ0) is 31.7. The van der Waals surface area contributed by atoms with Crippen molar-refractivity contribution in [1.82, 2.24) is 4.90 Å². The molecule has 1 N–H and O–H groups in total. The second-order valence-corrected chi connectivity index (χ2v) is 14.3. The number of morpholine rings is 1. The molecule has 1 spiro atoms. The molecule has 2 saturated heterocycles. The number of hydrogen-bond acceptors (Lipinski definition) is 4. The maximum atomic E-state index is 15.5. The first-order valence-corrected chi connectivity index (χ1v) is 15.9. The number of cyclic esters (lactones) is 1. The van der Waals surface area contributed by atoms with Crippen LogP contribution in [0.1, 0.15) is 67.5 Å². The van der Waals surface area contributed by atoms with Crippen LogP contribution < -0.4 is 5.32 Å². The van der Waals surface area contributed by atoms with E-state index in [0.717, 1.165) is 11.1 Å². The van der Waals surface area contributed by atoms with Gasteiger partial charge in [-0.15, -0.1) is 0 Å². The van der Waals surface area contributed by atoms with E-state index in [4.69, 9.17) is 27.9 Å². The zero-order valence-corrected chi connectivity index (χ0v) is 26.6. The molecule has 0 saturated carbocycles. The topological polar surface area (TPSA) is 58.6 Å². The Morgan fingerprint density at radius 2 is 1.49 bits per heavy atom. The molecule has 3 aliphatic heterocycles. The van der Waals surface area contributed by atoms with E-state index in [-0.39, 0.29) is 16.3 Å². The normalized spacial score (nSPS) is 27.6. The van der Waals surface area contributed by atoms with E-state index >= 15 is 4.39 Å². The Kier molecular flexibility index (Phi) is 7.31. The lowest BCUT2D eigenvalue weighted by molar-refractivity contribution is -0.176. The fourth-order valence-electron chi connectivity index (χ4n) is 7.96. The maximum Gasteiger partial charge on any atom is 0.324 e. The first-order chi connectivity index (χ1) is 21.5. The second-order valence-electron chi connectivity index (χ2n) is 13.5. The first kappa shape index (κ1) is 30.0. The van der Waals surface area contributed by atoms with Crippen LogP contribution >= 0.6 is 23.2 Å². The number of carbonyl (C=O) groups is 2. The van der Waals surface area contributed by atoms with Gasteiger partial charge in [-0.1, -0.05) is 117 Å². The van der Waals surface area contributed by atoms with Gasteiger partial charge in [0.1, 0.15) is 23.4 Å². The molecule has 0 aliphatic carbocycles. The van der Waals surface area contributed by atoms with Crippen LogP contribution in [-0.4, -0.2) is 28.9 Å². The molecular weight excluding hydrogens is 610 g/mol.